The summed E-state index contributed by atoms with van der Waals surface area (Å²) >= 11 is 7.27. The zero-order chi connectivity index (χ0) is 23.0. The molecule has 4 aromatic rings. The predicted molar refractivity (Wildman–Crippen MR) is 115 cm³/mol. The van der Waals surface area contributed by atoms with Gasteiger partial charge in [0.05, 0.1) is 4.34 Å². The number of rotatable bonds is 7. The van der Waals surface area contributed by atoms with Crippen LogP contribution in [0.4, 0.5) is 24.5 Å². The summed E-state index contributed by atoms with van der Waals surface area (Å²) in [5.41, 5.74) is 0.464. The van der Waals surface area contributed by atoms with Gasteiger partial charge in [-0.15, -0.1) is 11.3 Å². The van der Waals surface area contributed by atoms with Gasteiger partial charge in [0.25, 0.3) is 10.9 Å². The Morgan fingerprint density at radius 3 is 2.44 bits per heavy atom. The van der Waals surface area contributed by atoms with Crippen molar-refractivity contribution in [1.82, 2.24) is 10.1 Å². The Balaban J connectivity index is 1.45. The molecule has 0 saturated carbocycles. The van der Waals surface area contributed by atoms with Crippen LogP contribution in [0.3, 0.4) is 0 Å². The maximum Gasteiger partial charge on any atom is 0.471 e. The molecule has 0 spiro atoms. The van der Waals surface area contributed by atoms with Gasteiger partial charge in [0.2, 0.25) is 5.82 Å². The zero-order valence-electron chi connectivity index (χ0n) is 16.4. The number of alkyl halides is 3. The van der Waals surface area contributed by atoms with Gasteiger partial charge >= 0.3 is 12.1 Å². The third-order valence-corrected chi connectivity index (χ3v) is 5.87. The topological polar surface area (TPSA) is 88.3 Å². The smallest absolute Gasteiger partial charge is 0.375 e. The summed E-state index contributed by atoms with van der Waals surface area (Å²) in [6.07, 6.45) is -4.71. The molecule has 0 unspecified atom stereocenters. The van der Waals surface area contributed by atoms with Gasteiger partial charge in [-0.2, -0.15) is 18.2 Å². The summed E-state index contributed by atoms with van der Waals surface area (Å²) in [5.74, 6) is -1.60. The van der Waals surface area contributed by atoms with E-state index in [9.17, 15) is 22.8 Å². The minimum absolute atomic E-state index is 0.181. The summed E-state index contributed by atoms with van der Waals surface area (Å²) in [6.45, 7) is 0.660. The first-order valence-electron chi connectivity index (χ1n) is 9.16. The predicted octanol–water partition coefficient (Wildman–Crippen LogP) is 4.31. The lowest BCUT2D eigenvalue weighted by Crippen LogP contribution is -2.41. The van der Waals surface area contributed by atoms with Crippen molar-refractivity contribution >= 4 is 34.3 Å². The molecule has 12 heteroatoms. The maximum absolute atomic E-state index is 12.6. The molecule has 0 aliphatic rings. The number of aromatic nitrogens is 2. The number of thiophene rings is 1. The first-order valence-corrected chi connectivity index (χ1v) is 10.4. The number of anilines is 2. The summed E-state index contributed by atoms with van der Waals surface area (Å²) in [7, 11) is 1.67. The molecular formula is C20H14ClF3N4O3S. The average Bonchev–Trinajstić information content (AvgIpc) is 3.40. The van der Waals surface area contributed by atoms with Gasteiger partial charge in [-0.1, -0.05) is 41.0 Å². The van der Waals surface area contributed by atoms with Crippen molar-refractivity contribution in [3.8, 4) is 11.4 Å². The maximum atomic E-state index is 12.6. The number of hydrogen-bond acceptors (Lipinski definition) is 8. The molecule has 4 rings (SSSR count). The van der Waals surface area contributed by atoms with Crippen molar-refractivity contribution in [2.24, 2.45) is 0 Å². The van der Waals surface area contributed by atoms with Crippen LogP contribution < -0.4 is 21.1 Å². The molecular weight excluding hydrogens is 469 g/mol. The van der Waals surface area contributed by atoms with Crippen LogP contribution in [-0.4, -0.2) is 17.2 Å². The minimum Gasteiger partial charge on any atom is -0.375 e. The van der Waals surface area contributed by atoms with Crippen molar-refractivity contribution in [1.29, 1.82) is 0 Å². The van der Waals surface area contributed by atoms with Crippen LogP contribution in [-0.2, 0) is 19.3 Å². The van der Waals surface area contributed by atoms with Crippen molar-refractivity contribution in [2.75, 3.05) is 17.3 Å². The molecule has 2 aromatic heterocycles. The van der Waals surface area contributed by atoms with E-state index in [2.05, 4.69) is 20.0 Å². The Morgan fingerprint density at radius 1 is 1.12 bits per heavy atom. The quantitative estimate of drug-likeness (QED) is 0.392. The van der Waals surface area contributed by atoms with Gasteiger partial charge in [0.15, 0.2) is 0 Å². The number of nitrogens with one attached hydrogen (secondary N) is 1. The number of benzene rings is 1. The van der Waals surface area contributed by atoms with E-state index in [1.165, 1.54) is 11.3 Å². The van der Waals surface area contributed by atoms with E-state index in [4.69, 9.17) is 11.6 Å². The van der Waals surface area contributed by atoms with Crippen LogP contribution in [0.25, 0.3) is 11.4 Å². The van der Waals surface area contributed by atoms with Gasteiger partial charge in [-0.25, -0.2) is 0 Å². The average molecular weight is 483 g/mol. The van der Waals surface area contributed by atoms with E-state index in [1.54, 1.807) is 42.3 Å². The van der Waals surface area contributed by atoms with Crippen LogP contribution in [0, 0.1) is 0 Å². The van der Waals surface area contributed by atoms with Gasteiger partial charge in [0, 0.05) is 30.6 Å². The fourth-order valence-electron chi connectivity index (χ4n) is 3.10. The molecule has 0 atom stereocenters. The molecule has 0 bridgehead atoms. The van der Waals surface area contributed by atoms with Crippen molar-refractivity contribution < 1.29 is 17.7 Å². The lowest BCUT2D eigenvalue weighted by Gasteiger charge is -2.23. The van der Waals surface area contributed by atoms with E-state index in [-0.39, 0.29) is 17.2 Å². The molecule has 2 aromatic carbocycles. The summed E-state index contributed by atoms with van der Waals surface area (Å²) in [4.78, 5) is 30.0. The molecule has 0 fully saturated rings. The third kappa shape index (κ3) is 4.39. The Hall–Kier alpha value is -3.18. The van der Waals surface area contributed by atoms with Crippen LogP contribution in [0.2, 0.25) is 4.34 Å². The molecule has 0 aliphatic heterocycles. The Kier molecular flexibility index (Phi) is 5.78. The van der Waals surface area contributed by atoms with Gasteiger partial charge < -0.3 is 14.7 Å². The van der Waals surface area contributed by atoms with E-state index >= 15 is 0 Å². The number of nitrogens with zero attached hydrogens (tertiary/aromatic N) is 3. The van der Waals surface area contributed by atoms with Gasteiger partial charge in [-0.05, 0) is 17.7 Å². The van der Waals surface area contributed by atoms with Crippen molar-refractivity contribution in [3.05, 3.63) is 77.5 Å². The molecule has 7 nitrogen and oxygen atoms in total. The molecule has 32 heavy (non-hydrogen) atoms. The highest BCUT2D eigenvalue weighted by atomic mass is 35.5. The Labute approximate surface area is 187 Å². The van der Waals surface area contributed by atoms with Crippen LogP contribution in [0.15, 0.2) is 50.5 Å². The summed E-state index contributed by atoms with van der Waals surface area (Å²) in [6, 6.07) is 10.0. The van der Waals surface area contributed by atoms with Gasteiger partial charge in [0.1, 0.15) is 11.4 Å². The highest BCUT2D eigenvalue weighted by molar-refractivity contribution is 7.16. The van der Waals surface area contributed by atoms with Crippen LogP contribution in [0.5, 0.6) is 0 Å². The molecule has 166 valence electrons. The third-order valence-electron chi connectivity index (χ3n) is 4.64. The second-order valence-electron chi connectivity index (χ2n) is 6.92. The number of halogens is 4. The van der Waals surface area contributed by atoms with Crippen LogP contribution in [0.1, 0.15) is 16.3 Å². The van der Waals surface area contributed by atoms with E-state index in [1.807, 2.05) is 6.07 Å². The zero-order valence-corrected chi connectivity index (χ0v) is 17.9. The SMILES string of the molecule is CN(Cc1ccc(-c2noc(C(F)(F)F)n2)cc1)c1c(NCc2ccc(Cl)s2)c(=O)c1=O. The summed E-state index contributed by atoms with van der Waals surface area (Å²) in [5, 5.41) is 6.34. The molecule has 0 saturated heterocycles. The van der Waals surface area contributed by atoms with Crippen LogP contribution >= 0.6 is 22.9 Å². The minimum atomic E-state index is -4.71. The molecule has 2 heterocycles. The largest absolute Gasteiger partial charge is 0.471 e. The lowest BCUT2D eigenvalue weighted by atomic mass is 10.1. The highest BCUT2D eigenvalue weighted by Gasteiger charge is 2.38. The van der Waals surface area contributed by atoms with E-state index < -0.39 is 22.9 Å². The lowest BCUT2D eigenvalue weighted by molar-refractivity contribution is -0.159. The Bertz CT molecular complexity index is 1320. The van der Waals surface area contributed by atoms with Crippen molar-refractivity contribution in [2.45, 2.75) is 19.3 Å². The van der Waals surface area contributed by atoms with Crippen molar-refractivity contribution in [3.63, 3.8) is 0 Å². The standard InChI is InChI=1S/C20H14ClF3N4O3S/c1-28(15-14(16(29)17(15)30)25-8-12-6-7-13(21)32-12)9-10-2-4-11(5-3-10)18-26-19(31-27-18)20(22,23)24/h2-7,25H,8-9H2,1H3. The fourth-order valence-corrected chi connectivity index (χ4v) is 4.13. The van der Waals surface area contributed by atoms with Gasteiger partial charge in [-0.3, -0.25) is 9.59 Å². The highest BCUT2D eigenvalue weighted by Crippen LogP contribution is 2.30. The Morgan fingerprint density at radius 2 is 1.84 bits per heavy atom. The first-order chi connectivity index (χ1) is 15.1. The van der Waals surface area contributed by atoms with E-state index in [0.29, 0.717) is 23.0 Å². The molecule has 0 aliphatic carbocycles. The normalized spacial score (nSPS) is 11.8. The molecule has 0 radical (unpaired) electrons. The molecule has 1 N–H and O–H groups in total. The fraction of sp³-hybridized carbons (Fsp3) is 0.200. The number of hydrogen-bond donors (Lipinski definition) is 1. The second-order valence-corrected chi connectivity index (χ2v) is 8.71. The second kappa shape index (κ2) is 8.40. The molecule has 0 amide bonds. The first kappa shape index (κ1) is 22.0. The monoisotopic (exact) mass is 482 g/mol. The summed E-state index contributed by atoms with van der Waals surface area (Å²) < 4.78 is 42.7. The van der Waals surface area contributed by atoms with E-state index in [0.717, 1.165) is 10.4 Å².